The maximum atomic E-state index is 14.2. The van der Waals surface area contributed by atoms with Gasteiger partial charge in [0.05, 0.1) is 43.9 Å². The number of rotatable bonds is 31. The third-order valence-corrected chi connectivity index (χ3v) is 26.5. The molecule has 2 aromatic heterocycles. The number of piperidine rings is 2. The van der Waals surface area contributed by atoms with Gasteiger partial charge in [-0.2, -0.15) is 9.97 Å². The number of aromatic nitrogens is 4. The summed E-state index contributed by atoms with van der Waals surface area (Å²) in [5.74, 6) is 2.59. The van der Waals surface area contributed by atoms with Crippen LogP contribution in [0.5, 0.6) is 0 Å². The number of ether oxygens (including phenoxy) is 3. The van der Waals surface area contributed by atoms with E-state index >= 15 is 0 Å². The molecule has 30 heteroatoms. The van der Waals surface area contributed by atoms with Crippen LogP contribution in [0.4, 0.5) is 46.3 Å². The molecule has 610 valence electrons. The number of halogens is 2. The second-order valence-electron chi connectivity index (χ2n) is 28.9. The molecule has 0 saturated carbocycles. The minimum absolute atomic E-state index is 0.0602. The lowest BCUT2D eigenvalue weighted by atomic mass is 9.86. The van der Waals surface area contributed by atoms with Crippen molar-refractivity contribution in [2.45, 2.75) is 83.0 Å². The molecule has 4 unspecified atom stereocenters. The summed E-state index contributed by atoms with van der Waals surface area (Å²) in [4.78, 5) is 50.6. The van der Waals surface area contributed by atoms with Gasteiger partial charge in [-0.3, -0.25) is 34.6 Å². The molecule has 0 radical (unpaired) electrons. The molecule has 4 N–H and O–H groups in total. The second-order valence-corrected chi connectivity index (χ2v) is 35.4. The fourth-order valence-corrected chi connectivity index (χ4v) is 19.4. The van der Waals surface area contributed by atoms with Crippen LogP contribution in [0.15, 0.2) is 262 Å². The quantitative estimate of drug-likeness (QED) is 0.0136. The first-order valence-corrected chi connectivity index (χ1v) is 44.6. The molecular formula is C88H89Cl2N13O11S4. The van der Waals surface area contributed by atoms with Crippen LogP contribution in [0.2, 0.25) is 10.0 Å². The van der Waals surface area contributed by atoms with E-state index in [0.29, 0.717) is 101 Å². The first kappa shape index (κ1) is 84.0. The molecule has 10 aromatic carbocycles. The summed E-state index contributed by atoms with van der Waals surface area (Å²) in [7, 11) is -5.39. The number of thioether (sulfide) groups is 2. The Kier molecular flexibility index (Phi) is 28.0. The van der Waals surface area contributed by atoms with Crippen molar-refractivity contribution in [2.75, 3.05) is 108 Å². The Morgan fingerprint density at radius 1 is 0.525 bits per heavy atom. The maximum Gasteiger partial charge on any atom is 0.293 e. The lowest BCUT2D eigenvalue weighted by Crippen LogP contribution is -2.45. The summed E-state index contributed by atoms with van der Waals surface area (Å²) >= 11 is 16.2. The van der Waals surface area contributed by atoms with E-state index in [9.17, 15) is 37.1 Å². The second kappa shape index (κ2) is 39.4. The Hall–Kier alpha value is -10.5. The molecule has 118 heavy (non-hydrogen) atoms. The van der Waals surface area contributed by atoms with Crippen LogP contribution in [0.1, 0.15) is 43.2 Å². The van der Waals surface area contributed by atoms with E-state index in [4.69, 9.17) is 57.3 Å². The van der Waals surface area contributed by atoms with Crippen molar-refractivity contribution in [1.82, 2.24) is 24.8 Å². The average Bonchev–Trinajstić information content (AvgIpc) is 0.775. The normalized spacial score (nSPS) is 16.8. The molecule has 24 nitrogen and oxygen atoms in total. The highest BCUT2D eigenvalue weighted by molar-refractivity contribution is 7.99. The number of para-hydroxylation sites is 2. The lowest BCUT2D eigenvalue weighted by molar-refractivity contribution is -0.384. The highest BCUT2D eigenvalue weighted by Gasteiger charge is 2.35. The summed E-state index contributed by atoms with van der Waals surface area (Å²) < 4.78 is 78.9. The molecule has 3 fully saturated rings. The molecule has 0 spiro atoms. The van der Waals surface area contributed by atoms with Gasteiger partial charge in [0, 0.05) is 114 Å². The summed E-state index contributed by atoms with van der Waals surface area (Å²) in [5, 5.41) is 33.5. The van der Waals surface area contributed by atoms with Crippen LogP contribution in [-0.4, -0.2) is 148 Å². The van der Waals surface area contributed by atoms with Crippen molar-refractivity contribution in [3.8, 4) is 22.3 Å². The van der Waals surface area contributed by atoms with Gasteiger partial charge in [0.2, 0.25) is 11.9 Å². The predicted octanol–water partition coefficient (Wildman–Crippen LogP) is 18.7. The average molecular weight is 1700 g/mol. The van der Waals surface area contributed by atoms with Gasteiger partial charge in [-0.15, -0.1) is 23.5 Å². The Bertz CT molecular complexity index is 5730. The van der Waals surface area contributed by atoms with Gasteiger partial charge < -0.3 is 34.6 Å². The molecule has 0 bridgehead atoms. The molecule has 0 aliphatic carbocycles. The zero-order chi connectivity index (χ0) is 82.1. The first-order chi connectivity index (χ1) is 57.3. The van der Waals surface area contributed by atoms with Gasteiger partial charge in [0.25, 0.3) is 31.4 Å². The summed E-state index contributed by atoms with van der Waals surface area (Å²) in [5.41, 5.74) is 7.73. The topological polar surface area (TPSA) is 292 Å². The van der Waals surface area contributed by atoms with Crippen LogP contribution in [-0.2, 0) is 47.1 Å². The van der Waals surface area contributed by atoms with Crippen molar-refractivity contribution >= 4 is 135 Å². The zero-order valence-electron chi connectivity index (χ0n) is 64.9. The van der Waals surface area contributed by atoms with Crippen molar-refractivity contribution in [2.24, 2.45) is 11.8 Å². The van der Waals surface area contributed by atoms with Crippen molar-refractivity contribution < 1.29 is 40.9 Å². The van der Waals surface area contributed by atoms with Gasteiger partial charge in [0.1, 0.15) is 23.8 Å². The van der Waals surface area contributed by atoms with Crippen LogP contribution in [0.25, 0.3) is 44.1 Å². The molecular weight excluding hydrogens is 1610 g/mol. The third-order valence-electron chi connectivity index (χ3n) is 21.2. The van der Waals surface area contributed by atoms with Crippen LogP contribution in [0.3, 0.4) is 0 Å². The van der Waals surface area contributed by atoms with E-state index in [1.807, 2.05) is 143 Å². The molecule has 3 aliphatic heterocycles. The molecule has 15 rings (SSSR count). The van der Waals surface area contributed by atoms with E-state index in [0.717, 1.165) is 107 Å². The zero-order valence-corrected chi connectivity index (χ0v) is 69.7. The number of nitrogens with zero attached hydrogens (tertiary/aromatic N) is 9. The van der Waals surface area contributed by atoms with Crippen LogP contribution in [0, 0.1) is 32.1 Å². The number of fused-ring (bicyclic) bond motifs is 2. The number of nitro groups is 2. The minimum atomic E-state index is -4.37. The number of nitro benzene ring substituents is 2. The summed E-state index contributed by atoms with van der Waals surface area (Å²) in [6, 6.07) is 74.3. The Labute approximate surface area is 704 Å². The molecule has 5 atom stereocenters. The third kappa shape index (κ3) is 21.3. The fraction of sp³-hybridized carbons (Fsp3) is 0.273. The number of nitrogens with one attached hydrogen (secondary N) is 4. The Morgan fingerprint density at radius 3 is 1.44 bits per heavy atom. The first-order valence-electron chi connectivity index (χ1n) is 38.9. The highest BCUT2D eigenvalue weighted by atomic mass is 35.5. The number of anilines is 6. The Morgan fingerprint density at radius 2 is 0.966 bits per heavy atom. The largest absolute Gasteiger partial charge is 0.379 e. The number of methoxy groups -OCH3 is 2. The van der Waals surface area contributed by atoms with E-state index < -0.39 is 29.9 Å². The van der Waals surface area contributed by atoms with Gasteiger partial charge in [0.15, 0.2) is 11.6 Å². The molecule has 12 aromatic rings. The predicted molar refractivity (Wildman–Crippen MR) is 472 cm³/mol. The molecule has 3 aliphatic rings. The minimum Gasteiger partial charge on any atom is -0.379 e. The summed E-state index contributed by atoms with van der Waals surface area (Å²) in [6.45, 7) is 5.36. The smallest absolute Gasteiger partial charge is 0.293 e. The fourth-order valence-electron chi connectivity index (χ4n) is 15.2. The van der Waals surface area contributed by atoms with Gasteiger partial charge >= 0.3 is 0 Å². The van der Waals surface area contributed by atoms with Gasteiger partial charge in [-0.1, -0.05) is 157 Å². The van der Waals surface area contributed by atoms with Gasteiger partial charge in [-0.25, -0.2) is 26.8 Å². The summed E-state index contributed by atoms with van der Waals surface area (Å²) in [6.07, 6.45) is 4.53. The molecule has 0 amide bonds. The van der Waals surface area contributed by atoms with Crippen molar-refractivity contribution in [3.05, 3.63) is 284 Å². The van der Waals surface area contributed by atoms with Crippen LogP contribution < -0.4 is 29.9 Å². The molecule has 3 saturated heterocycles. The number of hydrogen-bond acceptors (Lipinski definition) is 22. The monoisotopic (exact) mass is 1700 g/mol. The maximum absolute atomic E-state index is 14.2. The van der Waals surface area contributed by atoms with Crippen molar-refractivity contribution in [1.29, 1.82) is 0 Å². The van der Waals surface area contributed by atoms with Crippen LogP contribution >= 0.6 is 46.7 Å². The van der Waals surface area contributed by atoms with E-state index in [2.05, 4.69) is 61.4 Å². The van der Waals surface area contributed by atoms with E-state index in [1.54, 1.807) is 74.1 Å². The lowest BCUT2D eigenvalue weighted by Gasteiger charge is -2.39. The number of morpholine rings is 1. The van der Waals surface area contributed by atoms with Crippen molar-refractivity contribution in [3.63, 3.8) is 0 Å². The highest BCUT2D eigenvalue weighted by Crippen LogP contribution is 2.40. The standard InChI is InChI=1S/C47H50ClN7O6S2.C41H39ClN6O5S2/c1-60-45-29-33(28-35-30-36(48)16-18-40(35)34-10-4-2-5-11-34)20-23-54(45)47-50-42-15-9-8-14-41(42)46(51-47)52-63(58,59)39-17-19-43(44(31-39)55(56)57)49-37(21-22-53-24-26-61-27-25-53)32-62-38-12-6-3-7-13-38;1-53-39-25-28(24-30-26-31(42)16-18-34(30)29-10-4-2-5-11-29)20-22-47(39)41-44-36-15-9-8-14-35(36)40(45-41)46-55(51,52)33-17-19-37(38(27-33)48(49)50)43-21-23-54-32-12-6-3-7-13-32/h2-19,30-31,33,37,45,49H,20-29,32H2,1H3,(H,50,51,52);2-19,26-28,39,43H,20-25H2,1H3,(H,44,45,46)/t33?,37?,45-;/m1./s1. The van der Waals surface area contributed by atoms with E-state index in [1.165, 1.54) is 24.3 Å². The van der Waals surface area contributed by atoms with E-state index in [-0.39, 0.29) is 74.5 Å². The number of benzene rings is 10. The number of hydrogen-bond donors (Lipinski definition) is 4. The van der Waals surface area contributed by atoms with Gasteiger partial charge in [-0.05, 0) is 187 Å². The SMILES string of the molecule is COC1CC(Cc2cc(Cl)ccc2-c2ccccc2)CCN1c1nc(NS(=O)(=O)c2ccc(NCCSc3ccccc3)c([N+](=O)[O-])c2)c2ccccc2n1.CO[C@@H]1CC(Cc2cc(Cl)ccc2-c2ccccc2)CCN1c1nc(NS(=O)(=O)c2ccc(NC(CCN3CCOCC3)CSc3ccccc3)c([N+](=O)[O-])c2)c2ccccc2n1. The molecule has 5 heterocycles. The number of sulfonamides is 2. The Balaban J connectivity index is 0.000000196.